The minimum Gasteiger partial charge on any atom is -0.384 e. The molecule has 0 atom stereocenters. The van der Waals surface area contributed by atoms with Crippen LogP contribution in [0.3, 0.4) is 0 Å². The van der Waals surface area contributed by atoms with Gasteiger partial charge in [0.2, 0.25) is 0 Å². The number of nitrogens with one attached hydrogen (secondary N) is 1. The smallest absolute Gasteiger partial charge is 0.0343 e. The lowest BCUT2D eigenvalue weighted by molar-refractivity contribution is 0.316. The van der Waals surface area contributed by atoms with Crippen LogP contribution in [-0.2, 0) is 0 Å². The molecule has 1 aromatic carbocycles. The number of hydrogen-bond acceptors (Lipinski definition) is 2. The molecule has 16 heavy (non-hydrogen) atoms. The summed E-state index contributed by atoms with van der Waals surface area (Å²) in [5.74, 6) is 0. The summed E-state index contributed by atoms with van der Waals surface area (Å²) in [6.07, 6.45) is 0. The Morgan fingerprint density at radius 2 is 1.75 bits per heavy atom. The maximum absolute atomic E-state index is 3.47. The summed E-state index contributed by atoms with van der Waals surface area (Å²) in [4.78, 5) is 2.42. The highest BCUT2D eigenvalue weighted by Crippen LogP contribution is 2.13. The molecule has 0 unspecified atom stereocenters. The van der Waals surface area contributed by atoms with Gasteiger partial charge in [0.15, 0.2) is 0 Å². The van der Waals surface area contributed by atoms with E-state index in [4.69, 9.17) is 0 Å². The van der Waals surface area contributed by atoms with Gasteiger partial charge in [-0.3, -0.25) is 0 Å². The van der Waals surface area contributed by atoms with Crippen LogP contribution in [0.1, 0.15) is 25.0 Å². The van der Waals surface area contributed by atoms with E-state index in [0.717, 1.165) is 26.2 Å². The molecule has 90 valence electrons. The first kappa shape index (κ1) is 13.0. The molecule has 0 spiro atoms. The molecule has 0 aliphatic rings. The number of benzene rings is 1. The molecule has 1 N–H and O–H groups in total. The van der Waals surface area contributed by atoms with Crippen molar-refractivity contribution in [2.45, 2.75) is 27.7 Å². The fourth-order valence-electron chi connectivity index (χ4n) is 1.75. The Morgan fingerprint density at radius 3 is 2.31 bits per heavy atom. The maximum Gasteiger partial charge on any atom is 0.0343 e. The van der Waals surface area contributed by atoms with Gasteiger partial charge in [-0.1, -0.05) is 19.9 Å². The third-order valence-corrected chi connectivity index (χ3v) is 3.16. The van der Waals surface area contributed by atoms with E-state index in [1.165, 1.54) is 16.8 Å². The van der Waals surface area contributed by atoms with Gasteiger partial charge < -0.3 is 10.2 Å². The van der Waals surface area contributed by atoms with Gasteiger partial charge in [0.25, 0.3) is 0 Å². The van der Waals surface area contributed by atoms with Crippen molar-refractivity contribution in [1.29, 1.82) is 0 Å². The van der Waals surface area contributed by atoms with Crippen LogP contribution in [0.25, 0.3) is 0 Å². The van der Waals surface area contributed by atoms with Crippen molar-refractivity contribution < 1.29 is 0 Å². The molecular weight excluding hydrogens is 196 g/mol. The van der Waals surface area contributed by atoms with E-state index in [1.807, 2.05) is 0 Å². The standard InChI is InChI=1S/C14H24N2/c1-5-16(6-2)10-9-15-14-8-7-12(3)13(4)11-14/h7-8,11,15H,5-6,9-10H2,1-4H3. The molecule has 0 aliphatic carbocycles. The molecule has 1 aromatic rings. The SMILES string of the molecule is CCN(CC)CCNc1ccc(C)c(C)c1. The fraction of sp³-hybridized carbons (Fsp3) is 0.571. The number of anilines is 1. The quantitative estimate of drug-likeness (QED) is 0.792. The Kier molecular flexibility index (Phi) is 5.33. The average Bonchev–Trinajstić information content (AvgIpc) is 2.29. The zero-order chi connectivity index (χ0) is 12.0. The lowest BCUT2D eigenvalue weighted by atomic mass is 10.1. The zero-order valence-corrected chi connectivity index (χ0v) is 11.0. The summed E-state index contributed by atoms with van der Waals surface area (Å²) < 4.78 is 0. The van der Waals surface area contributed by atoms with Gasteiger partial charge in [-0.25, -0.2) is 0 Å². The second-order valence-corrected chi connectivity index (χ2v) is 4.25. The minimum atomic E-state index is 1.02. The van der Waals surface area contributed by atoms with Crippen molar-refractivity contribution >= 4 is 5.69 Å². The van der Waals surface area contributed by atoms with E-state index in [2.05, 4.69) is 56.1 Å². The Hall–Kier alpha value is -1.02. The molecule has 0 heterocycles. The second kappa shape index (κ2) is 6.54. The number of aryl methyl sites for hydroxylation is 2. The maximum atomic E-state index is 3.47. The van der Waals surface area contributed by atoms with E-state index < -0.39 is 0 Å². The highest BCUT2D eigenvalue weighted by molar-refractivity contribution is 5.47. The van der Waals surface area contributed by atoms with Gasteiger partial charge in [0.05, 0.1) is 0 Å². The summed E-state index contributed by atoms with van der Waals surface area (Å²) >= 11 is 0. The molecule has 1 rings (SSSR count). The Balaban J connectivity index is 2.40. The zero-order valence-electron chi connectivity index (χ0n) is 11.0. The molecule has 2 nitrogen and oxygen atoms in total. The highest BCUT2D eigenvalue weighted by atomic mass is 15.1. The molecule has 0 fully saturated rings. The van der Waals surface area contributed by atoms with Crippen LogP contribution in [0.15, 0.2) is 18.2 Å². The van der Waals surface area contributed by atoms with Gasteiger partial charge in [0, 0.05) is 18.8 Å². The molecule has 0 saturated carbocycles. The van der Waals surface area contributed by atoms with Crippen LogP contribution in [-0.4, -0.2) is 31.1 Å². The van der Waals surface area contributed by atoms with E-state index in [9.17, 15) is 0 Å². The minimum absolute atomic E-state index is 1.02. The lowest BCUT2D eigenvalue weighted by Crippen LogP contribution is -2.28. The van der Waals surface area contributed by atoms with Gasteiger partial charge in [0.1, 0.15) is 0 Å². The Morgan fingerprint density at radius 1 is 1.06 bits per heavy atom. The average molecular weight is 220 g/mol. The summed E-state index contributed by atoms with van der Waals surface area (Å²) in [6, 6.07) is 6.55. The van der Waals surface area contributed by atoms with E-state index in [-0.39, 0.29) is 0 Å². The van der Waals surface area contributed by atoms with Crippen molar-refractivity contribution in [1.82, 2.24) is 4.90 Å². The second-order valence-electron chi connectivity index (χ2n) is 4.25. The molecule has 0 radical (unpaired) electrons. The van der Waals surface area contributed by atoms with Crippen LogP contribution in [0.4, 0.5) is 5.69 Å². The molecule has 0 aromatic heterocycles. The molecule has 0 amide bonds. The first-order valence-electron chi connectivity index (χ1n) is 6.20. The highest BCUT2D eigenvalue weighted by Gasteiger charge is 1.99. The van der Waals surface area contributed by atoms with Crippen LogP contribution in [0.2, 0.25) is 0 Å². The van der Waals surface area contributed by atoms with Gasteiger partial charge in [-0.15, -0.1) is 0 Å². The van der Waals surface area contributed by atoms with Gasteiger partial charge in [-0.2, -0.15) is 0 Å². The summed E-state index contributed by atoms with van der Waals surface area (Å²) in [6.45, 7) is 13.1. The number of hydrogen-bond donors (Lipinski definition) is 1. The largest absolute Gasteiger partial charge is 0.384 e. The third kappa shape index (κ3) is 3.86. The van der Waals surface area contributed by atoms with Crippen LogP contribution < -0.4 is 5.32 Å². The van der Waals surface area contributed by atoms with Crippen molar-refractivity contribution in [3.05, 3.63) is 29.3 Å². The first-order valence-corrected chi connectivity index (χ1v) is 6.20. The van der Waals surface area contributed by atoms with E-state index in [1.54, 1.807) is 0 Å². The lowest BCUT2D eigenvalue weighted by Gasteiger charge is -2.18. The monoisotopic (exact) mass is 220 g/mol. The van der Waals surface area contributed by atoms with Crippen LogP contribution in [0, 0.1) is 13.8 Å². The molecule has 0 aliphatic heterocycles. The summed E-state index contributed by atoms with van der Waals surface area (Å²) in [7, 11) is 0. The fourth-order valence-corrected chi connectivity index (χ4v) is 1.75. The number of nitrogens with zero attached hydrogens (tertiary/aromatic N) is 1. The predicted molar refractivity (Wildman–Crippen MR) is 72.2 cm³/mol. The van der Waals surface area contributed by atoms with Gasteiger partial charge >= 0.3 is 0 Å². The first-order chi connectivity index (χ1) is 7.67. The van der Waals surface area contributed by atoms with Crippen LogP contribution >= 0.6 is 0 Å². The molecule has 2 heteroatoms. The molecular formula is C14H24N2. The number of rotatable bonds is 6. The predicted octanol–water partition coefficient (Wildman–Crippen LogP) is 3.06. The number of likely N-dealkylation sites (N-methyl/N-ethyl adjacent to an activating group) is 1. The summed E-state index contributed by atoms with van der Waals surface area (Å²) in [5.41, 5.74) is 3.94. The van der Waals surface area contributed by atoms with E-state index >= 15 is 0 Å². The van der Waals surface area contributed by atoms with Crippen molar-refractivity contribution in [2.75, 3.05) is 31.5 Å². The third-order valence-electron chi connectivity index (χ3n) is 3.16. The van der Waals surface area contributed by atoms with Crippen molar-refractivity contribution in [3.63, 3.8) is 0 Å². The van der Waals surface area contributed by atoms with E-state index in [0.29, 0.717) is 0 Å². The molecule has 0 bridgehead atoms. The normalized spacial score (nSPS) is 10.8. The van der Waals surface area contributed by atoms with Crippen LogP contribution in [0.5, 0.6) is 0 Å². The van der Waals surface area contributed by atoms with Crippen molar-refractivity contribution in [2.24, 2.45) is 0 Å². The Bertz CT molecular complexity index is 317. The molecule has 0 saturated heterocycles. The van der Waals surface area contributed by atoms with Gasteiger partial charge in [-0.05, 0) is 50.2 Å². The summed E-state index contributed by atoms with van der Waals surface area (Å²) in [5, 5.41) is 3.47. The Labute approximate surface area is 99.7 Å². The van der Waals surface area contributed by atoms with Crippen molar-refractivity contribution in [3.8, 4) is 0 Å². The topological polar surface area (TPSA) is 15.3 Å².